The number of anilines is 1. The van der Waals surface area contributed by atoms with E-state index in [2.05, 4.69) is 25.9 Å². The van der Waals surface area contributed by atoms with Gasteiger partial charge in [0, 0.05) is 48.2 Å². The number of benzene rings is 1. The Morgan fingerprint density at radius 1 is 1.11 bits per heavy atom. The first-order valence-corrected chi connectivity index (χ1v) is 9.54. The van der Waals surface area contributed by atoms with Crippen molar-refractivity contribution in [2.24, 2.45) is 5.92 Å². The van der Waals surface area contributed by atoms with Crippen LogP contribution in [0.1, 0.15) is 18.0 Å². The SMILES string of the molecule is O=c1cccc2n1C[C@@H]1CC2CN(c2ncnc3c2[nH]c2ccc(F)cc23)C1. The molecule has 2 bridgehead atoms. The van der Waals surface area contributed by atoms with E-state index < -0.39 is 0 Å². The molecule has 7 heteroatoms. The second kappa shape index (κ2) is 5.64. The molecular weight excluding hydrogens is 357 g/mol. The lowest BCUT2D eigenvalue weighted by Crippen LogP contribution is -2.47. The van der Waals surface area contributed by atoms with Crippen molar-refractivity contribution in [3.8, 4) is 0 Å². The number of hydrogen-bond acceptors (Lipinski definition) is 4. The zero-order valence-electron chi connectivity index (χ0n) is 15.1. The van der Waals surface area contributed by atoms with Gasteiger partial charge in [0.05, 0.1) is 0 Å². The van der Waals surface area contributed by atoms with Crippen molar-refractivity contribution in [3.63, 3.8) is 0 Å². The normalized spacial score (nSPS) is 21.2. The summed E-state index contributed by atoms with van der Waals surface area (Å²) in [5, 5.41) is 0.771. The van der Waals surface area contributed by atoms with Gasteiger partial charge in [-0.3, -0.25) is 4.79 Å². The van der Waals surface area contributed by atoms with Gasteiger partial charge < -0.3 is 14.5 Å². The summed E-state index contributed by atoms with van der Waals surface area (Å²) in [6.45, 7) is 2.39. The Labute approximate surface area is 159 Å². The summed E-state index contributed by atoms with van der Waals surface area (Å²) in [5.41, 5.74) is 3.63. The molecule has 6 nitrogen and oxygen atoms in total. The lowest BCUT2D eigenvalue weighted by molar-refractivity contribution is 0.281. The van der Waals surface area contributed by atoms with E-state index in [-0.39, 0.29) is 11.4 Å². The fraction of sp³-hybridized carbons (Fsp3) is 0.286. The first-order valence-electron chi connectivity index (χ1n) is 9.54. The maximum atomic E-state index is 13.7. The topological polar surface area (TPSA) is 66.8 Å². The van der Waals surface area contributed by atoms with Crippen LogP contribution in [-0.2, 0) is 6.54 Å². The van der Waals surface area contributed by atoms with Crippen LogP contribution in [0.2, 0.25) is 0 Å². The van der Waals surface area contributed by atoms with Crippen LogP contribution in [0.3, 0.4) is 0 Å². The second-order valence-corrected chi connectivity index (χ2v) is 7.84. The summed E-state index contributed by atoms with van der Waals surface area (Å²) >= 11 is 0. The number of aromatic amines is 1. The molecule has 4 aromatic rings. The molecule has 0 amide bonds. The number of hydrogen-bond donors (Lipinski definition) is 1. The van der Waals surface area contributed by atoms with Crippen molar-refractivity contribution in [1.29, 1.82) is 0 Å². The summed E-state index contributed by atoms with van der Waals surface area (Å²) in [6, 6.07) is 10.3. The number of fused-ring (bicyclic) bond motifs is 7. The quantitative estimate of drug-likeness (QED) is 0.555. The van der Waals surface area contributed by atoms with E-state index in [9.17, 15) is 9.18 Å². The first-order chi connectivity index (χ1) is 13.7. The number of halogens is 1. The molecule has 2 aliphatic rings. The molecule has 1 unspecified atom stereocenters. The van der Waals surface area contributed by atoms with Crippen LogP contribution in [0, 0.1) is 11.7 Å². The van der Waals surface area contributed by atoms with E-state index in [1.54, 1.807) is 18.5 Å². The Kier molecular flexibility index (Phi) is 3.18. The third kappa shape index (κ3) is 2.22. The summed E-state index contributed by atoms with van der Waals surface area (Å²) in [7, 11) is 0. The Morgan fingerprint density at radius 3 is 2.96 bits per heavy atom. The highest BCUT2D eigenvalue weighted by atomic mass is 19.1. The second-order valence-electron chi connectivity index (χ2n) is 7.84. The summed E-state index contributed by atoms with van der Waals surface area (Å²) in [5.74, 6) is 1.28. The van der Waals surface area contributed by atoms with Gasteiger partial charge >= 0.3 is 0 Å². The van der Waals surface area contributed by atoms with Crippen molar-refractivity contribution >= 4 is 27.8 Å². The van der Waals surface area contributed by atoms with Gasteiger partial charge in [0.1, 0.15) is 23.2 Å². The van der Waals surface area contributed by atoms with Crippen molar-refractivity contribution in [2.45, 2.75) is 18.9 Å². The average molecular weight is 375 g/mol. The molecule has 1 N–H and O–H groups in total. The van der Waals surface area contributed by atoms with Crippen molar-refractivity contribution < 1.29 is 4.39 Å². The van der Waals surface area contributed by atoms with Crippen LogP contribution in [0.15, 0.2) is 47.5 Å². The molecule has 3 aromatic heterocycles. The fourth-order valence-corrected chi connectivity index (χ4v) is 4.96. The van der Waals surface area contributed by atoms with Crippen molar-refractivity contribution in [2.75, 3.05) is 18.0 Å². The number of piperidine rings is 1. The number of pyridine rings is 1. The molecule has 28 heavy (non-hydrogen) atoms. The third-order valence-electron chi connectivity index (χ3n) is 6.10. The van der Waals surface area contributed by atoms with Crippen LogP contribution >= 0.6 is 0 Å². The van der Waals surface area contributed by atoms with Gasteiger partial charge in [-0.05, 0) is 36.6 Å². The smallest absolute Gasteiger partial charge is 0.250 e. The van der Waals surface area contributed by atoms with Crippen LogP contribution in [0.4, 0.5) is 10.2 Å². The van der Waals surface area contributed by atoms with Crippen LogP contribution in [-0.4, -0.2) is 32.6 Å². The lowest BCUT2D eigenvalue weighted by Gasteiger charge is -2.43. The number of aromatic nitrogens is 4. The maximum Gasteiger partial charge on any atom is 0.250 e. The largest absolute Gasteiger partial charge is 0.354 e. The maximum absolute atomic E-state index is 13.7. The highest BCUT2D eigenvalue weighted by Crippen LogP contribution is 2.38. The molecule has 0 spiro atoms. The summed E-state index contributed by atoms with van der Waals surface area (Å²) < 4.78 is 15.7. The highest BCUT2D eigenvalue weighted by Gasteiger charge is 2.35. The van der Waals surface area contributed by atoms with E-state index >= 15 is 0 Å². The Hall–Kier alpha value is -3.22. The van der Waals surface area contributed by atoms with Crippen LogP contribution in [0.25, 0.3) is 21.9 Å². The van der Waals surface area contributed by atoms with Gasteiger partial charge in [-0.2, -0.15) is 0 Å². The van der Waals surface area contributed by atoms with Crippen molar-refractivity contribution in [3.05, 3.63) is 64.6 Å². The van der Waals surface area contributed by atoms with Gasteiger partial charge in [0.15, 0.2) is 5.82 Å². The predicted molar refractivity (Wildman–Crippen MR) is 105 cm³/mol. The Morgan fingerprint density at radius 2 is 2.04 bits per heavy atom. The molecular formula is C21H18FN5O. The van der Waals surface area contributed by atoms with Crippen molar-refractivity contribution in [1.82, 2.24) is 19.5 Å². The molecule has 1 fully saturated rings. The number of rotatable bonds is 1. The third-order valence-corrected chi connectivity index (χ3v) is 6.10. The van der Waals surface area contributed by atoms with E-state index in [4.69, 9.17) is 0 Å². The molecule has 1 saturated heterocycles. The highest BCUT2D eigenvalue weighted by molar-refractivity contribution is 6.08. The Balaban J connectivity index is 1.47. The Bertz CT molecular complexity index is 1290. The van der Waals surface area contributed by atoms with E-state index in [1.165, 1.54) is 12.1 Å². The van der Waals surface area contributed by atoms with E-state index in [0.29, 0.717) is 11.8 Å². The van der Waals surface area contributed by atoms with Crippen LogP contribution < -0.4 is 10.5 Å². The minimum Gasteiger partial charge on any atom is -0.354 e. The average Bonchev–Trinajstić information content (AvgIpc) is 3.07. The molecule has 5 heterocycles. The fourth-order valence-electron chi connectivity index (χ4n) is 4.96. The molecule has 140 valence electrons. The zero-order chi connectivity index (χ0) is 18.8. The van der Waals surface area contributed by atoms with E-state index in [1.807, 2.05) is 10.6 Å². The van der Waals surface area contributed by atoms with Gasteiger partial charge in [-0.1, -0.05) is 6.07 Å². The summed E-state index contributed by atoms with van der Waals surface area (Å²) in [6.07, 6.45) is 2.64. The lowest BCUT2D eigenvalue weighted by atomic mass is 9.83. The molecule has 0 radical (unpaired) electrons. The molecule has 0 aliphatic carbocycles. The summed E-state index contributed by atoms with van der Waals surface area (Å²) in [4.78, 5) is 26.9. The predicted octanol–water partition coefficient (Wildman–Crippen LogP) is 3.04. The molecule has 0 saturated carbocycles. The molecule has 2 aliphatic heterocycles. The number of nitrogens with zero attached hydrogens (tertiary/aromatic N) is 4. The number of nitrogens with one attached hydrogen (secondary N) is 1. The van der Waals surface area contributed by atoms with E-state index in [0.717, 1.165) is 59.5 Å². The minimum absolute atomic E-state index is 0.0859. The van der Waals surface area contributed by atoms with Gasteiger partial charge in [0.2, 0.25) is 0 Å². The van der Waals surface area contributed by atoms with Gasteiger partial charge in [0.25, 0.3) is 5.56 Å². The van der Waals surface area contributed by atoms with Crippen LogP contribution in [0.5, 0.6) is 0 Å². The molecule has 1 aromatic carbocycles. The van der Waals surface area contributed by atoms with Gasteiger partial charge in [-0.25, -0.2) is 14.4 Å². The standard InChI is InChI=1S/C21H18FN5O/c22-14-4-5-16-15(7-14)19-20(25-16)21(24-11-23-19)26-8-12-6-13(10-26)17-2-1-3-18(28)27(17)9-12/h1-5,7,11-13,25H,6,8-10H2/t12-,13?/m1/s1. The molecule has 6 rings (SSSR count). The van der Waals surface area contributed by atoms with Gasteiger partial charge in [-0.15, -0.1) is 0 Å². The first kappa shape index (κ1) is 15.8. The number of H-pyrrole nitrogens is 1. The molecule has 2 atom stereocenters. The minimum atomic E-state index is -0.275. The zero-order valence-corrected chi connectivity index (χ0v) is 15.1. The monoisotopic (exact) mass is 375 g/mol.